The number of hydrogen-bond donors (Lipinski definition) is 13. The number of ketones is 1. The average Bonchev–Trinajstić information content (AvgIpc) is 3.28. The van der Waals surface area contributed by atoms with Gasteiger partial charge >= 0.3 is 35.8 Å². The number of aliphatic hydroxyl groups excluding tert-OH is 1. The number of phenols is 11. The van der Waals surface area contributed by atoms with Crippen molar-refractivity contribution in [3.63, 3.8) is 0 Å². The topological polar surface area (TPSA) is 438 Å². The number of benzene rings is 4. The molecule has 26 nitrogen and oxygen atoms in total. The second-order valence-corrected chi connectivity index (χ2v) is 15.6. The van der Waals surface area contributed by atoms with Gasteiger partial charge in [0.2, 0.25) is 23.9 Å². The van der Waals surface area contributed by atoms with E-state index in [4.69, 9.17) is 28.4 Å². The van der Waals surface area contributed by atoms with E-state index in [1.54, 1.807) is 0 Å². The summed E-state index contributed by atoms with van der Waals surface area (Å²) in [5, 5.41) is 138. The zero-order chi connectivity index (χ0) is 49.5. The average molecular weight is 953 g/mol. The van der Waals surface area contributed by atoms with E-state index in [2.05, 4.69) is 0 Å². The number of fused-ring (bicyclic) bond motifs is 3. The molecule has 26 heteroatoms. The normalized spacial score (nSPS) is 24.4. The van der Waals surface area contributed by atoms with Gasteiger partial charge in [-0.3, -0.25) is 14.4 Å². The zero-order valence-electron chi connectivity index (χ0n) is 33.7. The van der Waals surface area contributed by atoms with Crippen LogP contribution in [0, 0.1) is 5.92 Å². The van der Waals surface area contributed by atoms with Gasteiger partial charge in [-0.25, -0.2) is 19.2 Å². The Morgan fingerprint density at radius 2 is 1.12 bits per heavy atom. The van der Waals surface area contributed by atoms with Crippen LogP contribution in [0.3, 0.4) is 0 Å². The molecule has 4 aromatic carbocycles. The van der Waals surface area contributed by atoms with Crippen LogP contribution < -0.4 is 0 Å². The number of aliphatic carboxylic acids is 1. The van der Waals surface area contributed by atoms with Gasteiger partial charge in [-0.2, -0.15) is 0 Å². The molecule has 4 aromatic rings. The fourth-order valence-electron chi connectivity index (χ4n) is 8.41. The Bertz CT molecular complexity index is 2900. The van der Waals surface area contributed by atoms with E-state index >= 15 is 0 Å². The van der Waals surface area contributed by atoms with Crippen LogP contribution in [0.5, 0.6) is 63.2 Å². The molecule has 0 amide bonds. The monoisotopic (exact) mass is 952 g/mol. The molecular weight excluding hydrogens is 920 g/mol. The summed E-state index contributed by atoms with van der Waals surface area (Å²) in [5.74, 6) is -29.5. The molecule has 0 saturated carbocycles. The molecule has 68 heavy (non-hydrogen) atoms. The lowest BCUT2D eigenvalue weighted by molar-refractivity contribution is -0.287. The minimum absolute atomic E-state index is 0.375. The van der Waals surface area contributed by atoms with E-state index in [-0.39, 0.29) is 0 Å². The number of carbonyl (C=O) groups is 7. The fraction of sp³-hybridized carbons (Fsp3) is 0.262. The number of phenolic OH excluding ortho intramolecular Hbond substituents is 11. The van der Waals surface area contributed by atoms with Gasteiger partial charge in [0.1, 0.15) is 18.8 Å². The maximum absolute atomic E-state index is 14.6. The van der Waals surface area contributed by atoms with E-state index in [0.29, 0.717) is 30.3 Å². The van der Waals surface area contributed by atoms with Crippen molar-refractivity contribution in [1.82, 2.24) is 0 Å². The standard InChI is InChI=1S/C42H32O26/c43-15-1-9(2-16(44)28(15)52)37(58)68-42-36-35-34(65-41(62)14(7-22(49)50)24-23-10(3-18(46)29(24)53)27(51)17(45)4-11(23)39(60)67-36)21(64-42)8-63-38(59)12-5-19(47)30(54)32(56)25(12)26-13(40(61)66-35)6-20(48)31(55)33(26)57/h1-2,4-6,14,21,24,29,34-36,42-45,47-48,51-57H,3,7-8H2,(H,49,50)/t14-,21?,24-,29+,34-,35?,36?,42-/m0/s1. The second kappa shape index (κ2) is 16.5. The largest absolute Gasteiger partial charge is 0.504 e. The van der Waals surface area contributed by atoms with Gasteiger partial charge in [-0.15, -0.1) is 0 Å². The first kappa shape index (κ1) is 45.7. The third-order valence-electron chi connectivity index (χ3n) is 11.6. The summed E-state index contributed by atoms with van der Waals surface area (Å²) in [6.07, 6.45) is -16.8. The third kappa shape index (κ3) is 7.37. The molecule has 0 spiro atoms. The molecule has 1 fully saturated rings. The smallest absolute Gasteiger partial charge is 0.340 e. The van der Waals surface area contributed by atoms with Crippen molar-refractivity contribution < 1.29 is 128 Å². The molecule has 3 heterocycles. The van der Waals surface area contributed by atoms with E-state index in [0.717, 1.165) is 0 Å². The molecule has 3 unspecified atom stereocenters. The van der Waals surface area contributed by atoms with Gasteiger partial charge in [0.15, 0.2) is 69.7 Å². The molecule has 1 saturated heterocycles. The first-order valence-corrected chi connectivity index (χ1v) is 19.5. The molecule has 4 aliphatic rings. The highest BCUT2D eigenvalue weighted by atomic mass is 16.7. The maximum Gasteiger partial charge on any atom is 0.340 e. The lowest BCUT2D eigenvalue weighted by atomic mass is 9.70. The minimum atomic E-state index is -2.54. The molecule has 4 bridgehead atoms. The third-order valence-corrected chi connectivity index (χ3v) is 11.6. The molecular formula is C42H32O26. The van der Waals surface area contributed by atoms with E-state index in [1.165, 1.54) is 0 Å². The SMILES string of the molecule is O=C(O)C[C@@H]1C(=O)O[C@H]2C3COC(=O)c4cc(O)c(O)c(O)c4-c4c(cc(O)c(O)c4O)C(=O)OC2C(OC(=O)c2cc(O)c(O)c4c2[C@H]1[C@H](O)C(=O)C4)[C@H](OC(=O)c1cc(O)c(O)c(O)c1)O3. The second-order valence-electron chi connectivity index (χ2n) is 15.6. The number of carboxylic acid groups (broad SMARTS) is 1. The number of hydrogen-bond acceptors (Lipinski definition) is 25. The van der Waals surface area contributed by atoms with Crippen molar-refractivity contribution >= 4 is 41.6 Å². The minimum Gasteiger partial charge on any atom is -0.504 e. The number of ether oxygens (including phenoxy) is 6. The van der Waals surface area contributed by atoms with Crippen LogP contribution in [-0.4, -0.2) is 151 Å². The number of aromatic hydroxyl groups is 11. The summed E-state index contributed by atoms with van der Waals surface area (Å²) < 4.78 is 34.0. The highest BCUT2D eigenvalue weighted by Crippen LogP contribution is 2.54. The summed E-state index contributed by atoms with van der Waals surface area (Å²) in [5.41, 5.74) is -7.26. The van der Waals surface area contributed by atoms with Gasteiger partial charge in [0.05, 0.1) is 34.6 Å². The van der Waals surface area contributed by atoms with Crippen molar-refractivity contribution in [2.24, 2.45) is 5.92 Å². The van der Waals surface area contributed by atoms with Crippen molar-refractivity contribution in [1.29, 1.82) is 0 Å². The fourth-order valence-corrected chi connectivity index (χ4v) is 8.41. The van der Waals surface area contributed by atoms with Crippen LogP contribution in [0.2, 0.25) is 0 Å². The molecule has 0 radical (unpaired) electrons. The summed E-state index contributed by atoms with van der Waals surface area (Å²) in [4.78, 5) is 97.2. The van der Waals surface area contributed by atoms with Crippen LogP contribution in [0.15, 0.2) is 30.3 Å². The Balaban J connectivity index is 1.39. The number of esters is 5. The summed E-state index contributed by atoms with van der Waals surface area (Å²) in [7, 11) is 0. The van der Waals surface area contributed by atoms with Gasteiger partial charge < -0.3 is 94.8 Å². The highest BCUT2D eigenvalue weighted by molar-refractivity contribution is 6.08. The highest BCUT2D eigenvalue weighted by Gasteiger charge is 2.57. The molecule has 8 rings (SSSR count). The number of rotatable bonds is 4. The lowest BCUT2D eigenvalue weighted by Crippen LogP contribution is -2.63. The first-order valence-electron chi connectivity index (χ1n) is 19.5. The molecule has 356 valence electrons. The van der Waals surface area contributed by atoms with Crippen molar-refractivity contribution in [2.75, 3.05) is 6.61 Å². The van der Waals surface area contributed by atoms with Crippen LogP contribution in [0.25, 0.3) is 11.1 Å². The van der Waals surface area contributed by atoms with E-state index in [1.807, 2.05) is 0 Å². The predicted octanol–water partition coefficient (Wildman–Crippen LogP) is 0.204. The Morgan fingerprint density at radius 3 is 1.71 bits per heavy atom. The quantitative estimate of drug-likeness (QED) is 0.0738. The van der Waals surface area contributed by atoms with Gasteiger partial charge in [0, 0.05) is 29.0 Å². The zero-order valence-corrected chi connectivity index (χ0v) is 33.7. The Kier molecular flexibility index (Phi) is 11.1. The van der Waals surface area contributed by atoms with Crippen LogP contribution in [0.1, 0.15) is 64.9 Å². The molecule has 1 aliphatic carbocycles. The van der Waals surface area contributed by atoms with E-state index < -0.39 is 217 Å². The molecule has 3 aliphatic heterocycles. The maximum atomic E-state index is 14.6. The summed E-state index contributed by atoms with van der Waals surface area (Å²) >= 11 is 0. The predicted molar refractivity (Wildman–Crippen MR) is 209 cm³/mol. The number of Topliss-reactive ketones (excluding diaryl/α,β-unsaturated/α-hetero) is 1. The Labute approximate surface area is 375 Å². The van der Waals surface area contributed by atoms with Gasteiger partial charge in [-0.1, -0.05) is 0 Å². The van der Waals surface area contributed by atoms with Crippen LogP contribution >= 0.6 is 0 Å². The van der Waals surface area contributed by atoms with Crippen LogP contribution in [0.4, 0.5) is 0 Å². The molecule has 13 N–H and O–H groups in total. The van der Waals surface area contributed by atoms with Gasteiger partial charge in [0.25, 0.3) is 0 Å². The van der Waals surface area contributed by atoms with Crippen LogP contribution in [-0.2, 0) is 49.2 Å². The number of carbonyl (C=O) groups excluding carboxylic acids is 6. The van der Waals surface area contributed by atoms with Crippen molar-refractivity contribution in [3.8, 4) is 74.4 Å². The Hall–Kier alpha value is -8.91. The first-order chi connectivity index (χ1) is 32.0. The van der Waals surface area contributed by atoms with Crippen molar-refractivity contribution in [2.45, 2.75) is 55.6 Å². The Morgan fingerprint density at radius 1 is 0.603 bits per heavy atom. The summed E-state index contributed by atoms with van der Waals surface area (Å²) in [6, 6.07) is 2.50. The summed E-state index contributed by atoms with van der Waals surface area (Å²) in [6.45, 7) is -1.29. The van der Waals surface area contributed by atoms with Gasteiger partial charge in [-0.05, 0) is 35.9 Å². The molecule has 8 atom stereocenters. The number of carboxylic acids is 1. The number of cyclic esters (lactones) is 1. The molecule has 0 aromatic heterocycles. The van der Waals surface area contributed by atoms with E-state index in [9.17, 15) is 99.9 Å². The van der Waals surface area contributed by atoms with Crippen molar-refractivity contribution in [3.05, 3.63) is 63.7 Å². The lowest BCUT2D eigenvalue weighted by Gasteiger charge is -2.44. The number of aliphatic hydroxyl groups is 1.